The Morgan fingerprint density at radius 2 is 2.00 bits per heavy atom. The van der Waals surface area contributed by atoms with E-state index in [9.17, 15) is 22.0 Å². The molecule has 3 N–H and O–H groups in total. The van der Waals surface area contributed by atoms with Crippen molar-refractivity contribution in [3.63, 3.8) is 0 Å². The Bertz CT molecular complexity index is 884. The molecule has 2 aromatic rings. The van der Waals surface area contributed by atoms with Crippen molar-refractivity contribution in [3.05, 3.63) is 52.3 Å². The first-order valence-corrected chi connectivity index (χ1v) is 9.43. The molecule has 3 atom stereocenters. The molecule has 158 valence electrons. The number of likely N-dealkylation sites (N-methyl/N-ethyl adjacent to an activating group) is 1. The van der Waals surface area contributed by atoms with Gasteiger partial charge in [0.05, 0.1) is 6.04 Å². The number of hydrogen-bond acceptors (Lipinski definition) is 4. The van der Waals surface area contributed by atoms with Gasteiger partial charge in [-0.1, -0.05) is 0 Å². The summed E-state index contributed by atoms with van der Waals surface area (Å²) in [6.45, 7) is 1.20. The first-order valence-electron chi connectivity index (χ1n) is 9.43. The number of aromatic nitrogens is 2. The molecular weight excluding hydrogens is 393 g/mol. The van der Waals surface area contributed by atoms with E-state index < -0.39 is 35.6 Å². The first kappa shape index (κ1) is 20.2. The predicted octanol–water partition coefficient (Wildman–Crippen LogP) is 2.84. The van der Waals surface area contributed by atoms with Crippen LogP contribution in [0, 0.1) is 11.6 Å². The summed E-state index contributed by atoms with van der Waals surface area (Å²) < 4.78 is 67.5. The number of piperidine rings is 1. The number of fused-ring (bicyclic) bond motifs is 1. The number of aromatic amines is 1. The third-order valence-corrected chi connectivity index (χ3v) is 5.95. The van der Waals surface area contributed by atoms with Crippen LogP contribution in [0.4, 0.5) is 22.0 Å². The molecular formula is C19H22F5N5. The van der Waals surface area contributed by atoms with E-state index in [-0.39, 0.29) is 23.7 Å². The van der Waals surface area contributed by atoms with Gasteiger partial charge in [0, 0.05) is 55.0 Å². The predicted molar refractivity (Wildman–Crippen MR) is 95.8 cm³/mol. The van der Waals surface area contributed by atoms with Crippen LogP contribution in [0.5, 0.6) is 0 Å². The van der Waals surface area contributed by atoms with Gasteiger partial charge < -0.3 is 5.73 Å². The summed E-state index contributed by atoms with van der Waals surface area (Å²) in [5.41, 5.74) is 6.36. The van der Waals surface area contributed by atoms with Crippen molar-refractivity contribution in [2.45, 2.75) is 43.7 Å². The number of nitrogens with one attached hydrogen (secondary N) is 1. The number of halogens is 5. The summed E-state index contributed by atoms with van der Waals surface area (Å²) >= 11 is 0. The largest absolute Gasteiger partial charge is 0.435 e. The van der Waals surface area contributed by atoms with Crippen molar-refractivity contribution in [2.24, 2.45) is 5.73 Å². The normalized spacial score (nSPS) is 26.5. The maximum absolute atomic E-state index is 14.3. The Labute approximate surface area is 164 Å². The Hall–Kier alpha value is -2.04. The third-order valence-electron chi connectivity index (χ3n) is 5.95. The Kier molecular flexibility index (Phi) is 5.12. The van der Waals surface area contributed by atoms with Crippen molar-refractivity contribution in [2.75, 3.05) is 20.1 Å². The molecule has 29 heavy (non-hydrogen) atoms. The monoisotopic (exact) mass is 415 g/mol. The van der Waals surface area contributed by atoms with E-state index in [1.54, 1.807) is 7.05 Å². The number of nitrogens with two attached hydrogens (primary N) is 1. The lowest BCUT2D eigenvalue weighted by Crippen LogP contribution is -2.56. The van der Waals surface area contributed by atoms with Gasteiger partial charge in [0.1, 0.15) is 11.6 Å². The minimum absolute atomic E-state index is 0.0907. The SMILES string of the molecule is CN1C[C@H](N2CCc3[nH]nc(C(F)(F)F)c3C2)C[C@H](N)C1c1cc(F)ccc1F. The van der Waals surface area contributed by atoms with Gasteiger partial charge >= 0.3 is 6.18 Å². The number of rotatable bonds is 2. The molecule has 1 saturated heterocycles. The van der Waals surface area contributed by atoms with Crippen LogP contribution in [-0.2, 0) is 19.1 Å². The molecule has 0 saturated carbocycles. The Morgan fingerprint density at radius 1 is 1.24 bits per heavy atom. The molecule has 0 aliphatic carbocycles. The quantitative estimate of drug-likeness (QED) is 0.741. The standard InChI is InChI=1S/C19H22F5N5/c1-28-8-11(7-15(25)17(28)12-6-10(20)2-3-14(12)21)29-5-4-16-13(9-29)18(27-26-16)19(22,23)24/h2-3,6,11,15,17H,4-5,7-9,25H2,1H3,(H,26,27)/t11-,15+,17?/m1/s1. The summed E-state index contributed by atoms with van der Waals surface area (Å²) in [4.78, 5) is 3.83. The summed E-state index contributed by atoms with van der Waals surface area (Å²) in [6.07, 6.45) is -3.60. The molecule has 10 heteroatoms. The highest BCUT2D eigenvalue weighted by molar-refractivity contribution is 5.30. The lowest BCUT2D eigenvalue weighted by atomic mass is 9.87. The second-order valence-electron chi connectivity index (χ2n) is 7.85. The number of nitrogens with zero attached hydrogens (tertiary/aromatic N) is 3. The van der Waals surface area contributed by atoms with Gasteiger partial charge in [-0.25, -0.2) is 8.78 Å². The average Bonchev–Trinajstić information content (AvgIpc) is 3.07. The van der Waals surface area contributed by atoms with Crippen molar-refractivity contribution in [1.29, 1.82) is 0 Å². The number of H-pyrrole nitrogens is 1. The number of alkyl halides is 3. The van der Waals surface area contributed by atoms with Crippen molar-refractivity contribution < 1.29 is 22.0 Å². The molecule has 0 bridgehead atoms. The summed E-state index contributed by atoms with van der Waals surface area (Å²) in [6, 6.07) is 2.23. The highest BCUT2D eigenvalue weighted by Gasteiger charge is 2.42. The fraction of sp³-hybridized carbons (Fsp3) is 0.526. The average molecular weight is 415 g/mol. The van der Waals surface area contributed by atoms with Gasteiger partial charge in [-0.2, -0.15) is 18.3 Å². The second-order valence-corrected chi connectivity index (χ2v) is 7.85. The van der Waals surface area contributed by atoms with Crippen LogP contribution < -0.4 is 5.73 Å². The minimum atomic E-state index is -4.51. The van der Waals surface area contributed by atoms with Crippen LogP contribution in [0.2, 0.25) is 0 Å². The van der Waals surface area contributed by atoms with Gasteiger partial charge in [-0.3, -0.25) is 14.9 Å². The van der Waals surface area contributed by atoms with Crippen molar-refractivity contribution in [1.82, 2.24) is 20.0 Å². The molecule has 1 unspecified atom stereocenters. The molecule has 0 radical (unpaired) electrons. The fourth-order valence-corrected chi connectivity index (χ4v) is 4.63. The molecule has 5 nitrogen and oxygen atoms in total. The van der Waals surface area contributed by atoms with Gasteiger partial charge in [0.2, 0.25) is 0 Å². The molecule has 0 spiro atoms. The van der Waals surface area contributed by atoms with Crippen LogP contribution in [0.15, 0.2) is 18.2 Å². The van der Waals surface area contributed by atoms with Crippen LogP contribution in [-0.4, -0.2) is 52.2 Å². The van der Waals surface area contributed by atoms with E-state index >= 15 is 0 Å². The lowest BCUT2D eigenvalue weighted by Gasteiger charge is -2.46. The molecule has 2 aliphatic rings. The van der Waals surface area contributed by atoms with Gasteiger partial charge in [-0.05, 0) is 31.7 Å². The van der Waals surface area contributed by atoms with E-state index in [4.69, 9.17) is 5.73 Å². The second kappa shape index (κ2) is 7.33. The van der Waals surface area contributed by atoms with Gasteiger partial charge in [0.15, 0.2) is 5.69 Å². The van der Waals surface area contributed by atoms with Crippen LogP contribution in [0.3, 0.4) is 0 Å². The zero-order valence-corrected chi connectivity index (χ0v) is 15.8. The zero-order valence-electron chi connectivity index (χ0n) is 15.8. The van der Waals surface area contributed by atoms with E-state index in [0.717, 1.165) is 18.2 Å². The van der Waals surface area contributed by atoms with Crippen LogP contribution in [0.25, 0.3) is 0 Å². The first-order chi connectivity index (χ1) is 13.6. The smallest absolute Gasteiger partial charge is 0.326 e. The molecule has 1 aromatic carbocycles. The summed E-state index contributed by atoms with van der Waals surface area (Å²) in [7, 11) is 1.77. The van der Waals surface area contributed by atoms with E-state index in [1.807, 2.05) is 9.80 Å². The number of hydrogen-bond donors (Lipinski definition) is 2. The van der Waals surface area contributed by atoms with E-state index in [1.165, 1.54) is 0 Å². The molecule has 1 aromatic heterocycles. The van der Waals surface area contributed by atoms with E-state index in [0.29, 0.717) is 31.6 Å². The van der Waals surface area contributed by atoms with Crippen molar-refractivity contribution in [3.8, 4) is 0 Å². The third kappa shape index (κ3) is 3.76. The highest BCUT2D eigenvalue weighted by atomic mass is 19.4. The Morgan fingerprint density at radius 3 is 2.69 bits per heavy atom. The molecule has 4 rings (SSSR count). The van der Waals surface area contributed by atoms with Crippen molar-refractivity contribution >= 4 is 0 Å². The zero-order chi connectivity index (χ0) is 20.9. The fourth-order valence-electron chi connectivity index (χ4n) is 4.63. The summed E-state index contributed by atoms with van der Waals surface area (Å²) in [5, 5.41) is 5.96. The van der Waals surface area contributed by atoms with Crippen LogP contribution >= 0.6 is 0 Å². The topological polar surface area (TPSA) is 61.2 Å². The molecule has 3 heterocycles. The molecule has 2 aliphatic heterocycles. The highest BCUT2D eigenvalue weighted by Crippen LogP contribution is 2.37. The number of likely N-dealkylation sites (tertiary alicyclic amines) is 1. The van der Waals surface area contributed by atoms with Crippen LogP contribution in [0.1, 0.15) is 35.0 Å². The van der Waals surface area contributed by atoms with Gasteiger partial charge in [-0.15, -0.1) is 0 Å². The lowest BCUT2D eigenvalue weighted by molar-refractivity contribution is -0.142. The minimum Gasteiger partial charge on any atom is -0.326 e. The van der Waals surface area contributed by atoms with E-state index in [2.05, 4.69) is 10.2 Å². The maximum Gasteiger partial charge on any atom is 0.435 e. The van der Waals surface area contributed by atoms with Gasteiger partial charge in [0.25, 0.3) is 0 Å². The summed E-state index contributed by atoms with van der Waals surface area (Å²) in [5.74, 6) is -1.06. The Balaban J connectivity index is 1.53. The maximum atomic E-state index is 14.3. The molecule has 0 amide bonds. The molecule has 1 fully saturated rings. The number of benzene rings is 1.